The van der Waals surface area contributed by atoms with Gasteiger partial charge in [0.1, 0.15) is 5.72 Å². The lowest BCUT2D eigenvalue weighted by Crippen LogP contribution is -2.54. The first kappa shape index (κ1) is 23.9. The molecule has 2 aromatic rings. The Labute approximate surface area is 178 Å². The van der Waals surface area contributed by atoms with Gasteiger partial charge in [-0.25, -0.2) is 13.2 Å². The number of aliphatic hydroxyl groups is 1. The molecule has 0 bridgehead atoms. The Morgan fingerprint density at radius 3 is 2.20 bits per heavy atom. The van der Waals surface area contributed by atoms with Crippen LogP contribution in [0.2, 0.25) is 0 Å². The van der Waals surface area contributed by atoms with Crippen LogP contribution in [0.25, 0.3) is 0 Å². The summed E-state index contributed by atoms with van der Waals surface area (Å²) in [6.45, 7) is 3.88. The number of rotatable bonds is 11. The van der Waals surface area contributed by atoms with E-state index in [0.717, 1.165) is 9.87 Å². The second-order valence-electron chi connectivity index (χ2n) is 7.64. The molecule has 0 saturated carbocycles. The molecule has 0 aliphatic heterocycles. The fraction of sp³-hybridized carbons (Fsp3) is 0.409. The molecule has 0 radical (unpaired) electrons. The molecule has 2 rings (SSSR count). The van der Waals surface area contributed by atoms with Crippen LogP contribution in [0.5, 0.6) is 0 Å². The fourth-order valence-corrected chi connectivity index (χ4v) is 4.89. The van der Waals surface area contributed by atoms with Crippen LogP contribution < -0.4 is 5.73 Å². The molecule has 8 heteroatoms. The van der Waals surface area contributed by atoms with Crippen molar-refractivity contribution < 1.29 is 23.1 Å². The number of nitrogens with two attached hydrogens (primary N) is 1. The molecule has 0 heterocycles. The maximum absolute atomic E-state index is 13.5. The molecule has 3 N–H and O–H groups in total. The molecule has 0 fully saturated rings. The van der Waals surface area contributed by atoms with Crippen molar-refractivity contribution in [2.75, 3.05) is 13.2 Å². The average molecular weight is 435 g/mol. The lowest BCUT2D eigenvalue weighted by atomic mass is 9.99. The lowest BCUT2D eigenvalue weighted by Gasteiger charge is -2.39. The van der Waals surface area contributed by atoms with Crippen LogP contribution in [-0.4, -0.2) is 42.8 Å². The Hall–Kier alpha value is -2.42. The van der Waals surface area contributed by atoms with Crippen molar-refractivity contribution in [2.45, 2.75) is 43.7 Å². The second kappa shape index (κ2) is 10.6. The zero-order valence-corrected chi connectivity index (χ0v) is 18.2. The number of benzene rings is 2. The first-order valence-electron chi connectivity index (χ1n) is 9.91. The van der Waals surface area contributed by atoms with Crippen molar-refractivity contribution in [1.82, 2.24) is 4.31 Å². The first-order valence-corrected chi connectivity index (χ1v) is 11.4. The number of carbonyl (C=O) groups excluding carboxylic acids is 1. The number of nitrogens with zero attached hydrogens (tertiary/aromatic N) is 1. The highest BCUT2D eigenvalue weighted by atomic mass is 32.2. The monoisotopic (exact) mass is 434 g/mol. The Kier molecular flexibility index (Phi) is 8.40. The number of sulfonamides is 1. The number of amides is 1. The Bertz CT molecular complexity index is 904. The minimum Gasteiger partial charge on any atom is -0.450 e. The highest BCUT2D eigenvalue weighted by Crippen LogP contribution is 2.30. The molecule has 0 spiro atoms. The minimum atomic E-state index is -4.01. The maximum Gasteiger partial charge on any atom is 0.404 e. The molecule has 0 aromatic heterocycles. The summed E-state index contributed by atoms with van der Waals surface area (Å²) in [5.74, 6) is 0.223. The molecule has 0 aliphatic carbocycles. The summed E-state index contributed by atoms with van der Waals surface area (Å²) in [6, 6.07) is 17.1. The van der Waals surface area contributed by atoms with Crippen LogP contribution in [0.4, 0.5) is 4.79 Å². The molecule has 30 heavy (non-hydrogen) atoms. The Morgan fingerprint density at radius 2 is 1.67 bits per heavy atom. The molecule has 0 aliphatic rings. The van der Waals surface area contributed by atoms with E-state index >= 15 is 0 Å². The Balaban J connectivity index is 2.48. The van der Waals surface area contributed by atoms with Crippen molar-refractivity contribution in [1.29, 1.82) is 0 Å². The van der Waals surface area contributed by atoms with Crippen molar-refractivity contribution in [3.8, 4) is 0 Å². The maximum atomic E-state index is 13.5. The molecule has 164 valence electrons. The fourth-order valence-electron chi connectivity index (χ4n) is 3.19. The zero-order valence-electron chi connectivity index (χ0n) is 17.4. The number of hydrogen-bond donors (Lipinski definition) is 2. The third kappa shape index (κ3) is 6.55. The van der Waals surface area contributed by atoms with E-state index in [-0.39, 0.29) is 36.8 Å². The number of ether oxygens (including phenoxy) is 1. The van der Waals surface area contributed by atoms with Crippen LogP contribution in [0.3, 0.4) is 0 Å². The van der Waals surface area contributed by atoms with Crippen molar-refractivity contribution in [3.63, 3.8) is 0 Å². The van der Waals surface area contributed by atoms with E-state index in [1.54, 1.807) is 18.2 Å². The summed E-state index contributed by atoms with van der Waals surface area (Å²) in [5.41, 5.74) is 4.01. The average Bonchev–Trinajstić information content (AvgIpc) is 2.68. The largest absolute Gasteiger partial charge is 0.450 e. The number of primary amides is 1. The van der Waals surface area contributed by atoms with Crippen LogP contribution in [0.15, 0.2) is 65.6 Å². The van der Waals surface area contributed by atoms with Gasteiger partial charge in [-0.15, -0.1) is 0 Å². The van der Waals surface area contributed by atoms with Gasteiger partial charge in [-0.1, -0.05) is 62.4 Å². The van der Waals surface area contributed by atoms with E-state index < -0.39 is 21.8 Å². The summed E-state index contributed by atoms with van der Waals surface area (Å²) in [7, 11) is -4.01. The van der Waals surface area contributed by atoms with Gasteiger partial charge >= 0.3 is 6.09 Å². The Morgan fingerprint density at radius 1 is 1.10 bits per heavy atom. The van der Waals surface area contributed by atoms with Crippen molar-refractivity contribution in [2.24, 2.45) is 11.7 Å². The summed E-state index contributed by atoms with van der Waals surface area (Å²) < 4.78 is 33.0. The molecular formula is C22H30N2O5S. The lowest BCUT2D eigenvalue weighted by molar-refractivity contribution is -0.0776. The van der Waals surface area contributed by atoms with E-state index in [9.17, 15) is 18.3 Å². The summed E-state index contributed by atoms with van der Waals surface area (Å²) in [6.07, 6.45) is -0.494. The molecule has 0 saturated heterocycles. The van der Waals surface area contributed by atoms with E-state index in [2.05, 4.69) is 0 Å². The van der Waals surface area contributed by atoms with Gasteiger partial charge < -0.3 is 15.6 Å². The third-order valence-corrected chi connectivity index (χ3v) is 6.75. The standard InChI is InChI=1S/C22H30N2O5S/c1-18(2)13-15-24(30(27,28)20-11-7-4-8-12-20)22(26,14-16-29-21(23)25)17-19-9-5-3-6-10-19/h3-12,18,26H,13-17H2,1-2H3,(H2,23,25). The topological polar surface area (TPSA) is 110 Å². The van der Waals surface area contributed by atoms with Gasteiger partial charge in [0.25, 0.3) is 0 Å². The second-order valence-corrected chi connectivity index (χ2v) is 9.50. The predicted molar refractivity (Wildman–Crippen MR) is 115 cm³/mol. The molecule has 2 aromatic carbocycles. The van der Waals surface area contributed by atoms with Gasteiger partial charge in [0, 0.05) is 19.4 Å². The molecule has 1 atom stereocenters. The summed E-state index contributed by atoms with van der Waals surface area (Å²) in [5, 5.41) is 11.7. The highest BCUT2D eigenvalue weighted by molar-refractivity contribution is 7.89. The van der Waals surface area contributed by atoms with Crippen molar-refractivity contribution in [3.05, 3.63) is 66.2 Å². The zero-order chi connectivity index (χ0) is 22.2. The predicted octanol–water partition coefficient (Wildman–Crippen LogP) is 3.14. The van der Waals surface area contributed by atoms with E-state index in [1.165, 1.54) is 12.1 Å². The van der Waals surface area contributed by atoms with Crippen LogP contribution in [-0.2, 0) is 21.2 Å². The number of hydrogen-bond acceptors (Lipinski definition) is 5. The van der Waals surface area contributed by atoms with E-state index in [4.69, 9.17) is 10.5 Å². The minimum absolute atomic E-state index is 0.0418. The van der Waals surface area contributed by atoms with Crippen LogP contribution in [0, 0.1) is 5.92 Å². The number of carbonyl (C=O) groups is 1. The summed E-state index contributed by atoms with van der Waals surface area (Å²) >= 11 is 0. The van der Waals surface area contributed by atoms with Gasteiger partial charge in [-0.2, -0.15) is 4.31 Å². The van der Waals surface area contributed by atoms with Crippen molar-refractivity contribution >= 4 is 16.1 Å². The molecular weight excluding hydrogens is 404 g/mol. The smallest absolute Gasteiger partial charge is 0.404 e. The SMILES string of the molecule is CC(C)CCN(C(O)(CCOC(N)=O)Cc1ccccc1)S(=O)(=O)c1ccccc1. The van der Waals surface area contributed by atoms with E-state index in [1.807, 2.05) is 44.2 Å². The molecule has 1 amide bonds. The van der Waals surface area contributed by atoms with Gasteiger partial charge in [0.15, 0.2) is 0 Å². The van der Waals surface area contributed by atoms with Crippen LogP contribution in [0.1, 0.15) is 32.3 Å². The highest BCUT2D eigenvalue weighted by Gasteiger charge is 2.42. The van der Waals surface area contributed by atoms with Gasteiger partial charge in [-0.3, -0.25) is 0 Å². The first-order chi connectivity index (χ1) is 14.1. The quantitative estimate of drug-likeness (QED) is 0.528. The summed E-state index contributed by atoms with van der Waals surface area (Å²) in [4.78, 5) is 11.1. The molecule has 7 nitrogen and oxygen atoms in total. The third-order valence-electron chi connectivity index (χ3n) is 4.78. The molecule has 1 unspecified atom stereocenters. The van der Waals surface area contributed by atoms with E-state index in [0.29, 0.717) is 6.42 Å². The van der Waals surface area contributed by atoms with Crippen LogP contribution >= 0.6 is 0 Å². The van der Waals surface area contributed by atoms with Gasteiger partial charge in [0.05, 0.1) is 11.5 Å². The van der Waals surface area contributed by atoms with Gasteiger partial charge in [-0.05, 0) is 30.0 Å². The van der Waals surface area contributed by atoms with Gasteiger partial charge in [0.2, 0.25) is 10.0 Å². The normalized spacial score (nSPS) is 13.9.